The first-order valence-electron chi connectivity index (χ1n) is 6.93. The monoisotopic (exact) mass is 306 g/mol. The number of aromatic nitrogens is 2. The van der Waals surface area contributed by atoms with E-state index in [0.29, 0.717) is 17.1 Å². The predicted molar refractivity (Wildman–Crippen MR) is 85.0 cm³/mol. The van der Waals surface area contributed by atoms with Gasteiger partial charge in [0.25, 0.3) is 0 Å². The molecular formula is C15H19ClN4O. The standard InChI is InChI=1S/C15H19ClN4O/c1-3-17-11(2)9-15(21)19-13-10-12(16)5-6-14(13)20-8-4-7-18-20/h4-8,10-11,17H,3,9H2,1-2H3,(H,19,21). The quantitative estimate of drug-likeness (QED) is 0.863. The summed E-state index contributed by atoms with van der Waals surface area (Å²) < 4.78 is 1.69. The largest absolute Gasteiger partial charge is 0.324 e. The fourth-order valence-corrected chi connectivity index (χ4v) is 2.29. The molecule has 1 atom stereocenters. The van der Waals surface area contributed by atoms with Crippen LogP contribution in [0.1, 0.15) is 20.3 Å². The second kappa shape index (κ2) is 7.24. The highest BCUT2D eigenvalue weighted by Gasteiger charge is 2.12. The molecule has 0 aliphatic heterocycles. The molecule has 6 heteroatoms. The van der Waals surface area contributed by atoms with E-state index in [9.17, 15) is 4.79 Å². The highest BCUT2D eigenvalue weighted by atomic mass is 35.5. The first kappa shape index (κ1) is 15.5. The number of anilines is 1. The zero-order valence-corrected chi connectivity index (χ0v) is 12.9. The molecule has 112 valence electrons. The molecule has 2 aromatic rings. The number of rotatable bonds is 6. The third-order valence-corrected chi connectivity index (χ3v) is 3.26. The molecule has 1 unspecified atom stereocenters. The molecule has 0 bridgehead atoms. The molecule has 0 aliphatic carbocycles. The average molecular weight is 307 g/mol. The van der Waals surface area contributed by atoms with E-state index >= 15 is 0 Å². The molecule has 0 spiro atoms. The molecule has 1 amide bonds. The summed E-state index contributed by atoms with van der Waals surface area (Å²) in [4.78, 5) is 12.1. The van der Waals surface area contributed by atoms with E-state index in [1.807, 2.05) is 32.2 Å². The van der Waals surface area contributed by atoms with Gasteiger partial charge in [-0.15, -0.1) is 0 Å². The summed E-state index contributed by atoms with van der Waals surface area (Å²) in [6.07, 6.45) is 3.91. The zero-order valence-electron chi connectivity index (χ0n) is 12.1. The van der Waals surface area contributed by atoms with Crippen molar-refractivity contribution in [1.29, 1.82) is 0 Å². The predicted octanol–water partition coefficient (Wildman–Crippen LogP) is 2.85. The number of amides is 1. The first-order valence-corrected chi connectivity index (χ1v) is 7.30. The first-order chi connectivity index (χ1) is 10.1. The molecule has 0 aliphatic rings. The Morgan fingerprint density at radius 2 is 2.29 bits per heavy atom. The Labute approximate surface area is 129 Å². The lowest BCUT2D eigenvalue weighted by molar-refractivity contribution is -0.116. The van der Waals surface area contributed by atoms with Crippen molar-refractivity contribution < 1.29 is 4.79 Å². The van der Waals surface area contributed by atoms with Crippen molar-refractivity contribution >= 4 is 23.2 Å². The Balaban J connectivity index is 2.15. The van der Waals surface area contributed by atoms with Gasteiger partial charge in [0.05, 0.1) is 11.4 Å². The summed E-state index contributed by atoms with van der Waals surface area (Å²) in [6.45, 7) is 4.83. The molecule has 0 saturated carbocycles. The van der Waals surface area contributed by atoms with Crippen molar-refractivity contribution in [2.75, 3.05) is 11.9 Å². The number of nitrogens with one attached hydrogen (secondary N) is 2. The number of nitrogens with zero attached hydrogens (tertiary/aromatic N) is 2. The normalized spacial score (nSPS) is 12.1. The maximum absolute atomic E-state index is 12.1. The van der Waals surface area contributed by atoms with Crippen molar-refractivity contribution in [2.45, 2.75) is 26.3 Å². The van der Waals surface area contributed by atoms with Crippen LogP contribution in [0.15, 0.2) is 36.7 Å². The molecule has 1 aromatic carbocycles. The SMILES string of the molecule is CCNC(C)CC(=O)Nc1cc(Cl)ccc1-n1cccn1. The molecule has 0 saturated heterocycles. The number of benzene rings is 1. The van der Waals surface area contributed by atoms with Gasteiger partial charge in [-0.05, 0) is 37.7 Å². The number of hydrogen-bond acceptors (Lipinski definition) is 3. The van der Waals surface area contributed by atoms with Crippen molar-refractivity contribution in [3.63, 3.8) is 0 Å². The highest BCUT2D eigenvalue weighted by molar-refractivity contribution is 6.31. The fraction of sp³-hybridized carbons (Fsp3) is 0.333. The fourth-order valence-electron chi connectivity index (χ4n) is 2.12. The van der Waals surface area contributed by atoms with Crippen molar-refractivity contribution in [3.8, 4) is 5.69 Å². The molecule has 1 aromatic heterocycles. The van der Waals surface area contributed by atoms with Crippen LogP contribution in [0.25, 0.3) is 5.69 Å². The number of halogens is 1. The second-order valence-corrected chi connectivity index (χ2v) is 5.26. The minimum Gasteiger partial charge on any atom is -0.324 e. The minimum absolute atomic E-state index is 0.0564. The molecule has 0 radical (unpaired) electrons. The number of carbonyl (C=O) groups excluding carboxylic acids is 1. The van der Waals surface area contributed by atoms with Crippen LogP contribution in [0, 0.1) is 0 Å². The van der Waals surface area contributed by atoms with Gasteiger partial charge in [0.1, 0.15) is 0 Å². The lowest BCUT2D eigenvalue weighted by atomic mass is 10.2. The van der Waals surface area contributed by atoms with Crippen LogP contribution in [0.5, 0.6) is 0 Å². The molecular weight excluding hydrogens is 288 g/mol. The molecule has 1 heterocycles. The van der Waals surface area contributed by atoms with Crippen LogP contribution in [0.2, 0.25) is 5.02 Å². The lowest BCUT2D eigenvalue weighted by Crippen LogP contribution is -2.30. The summed E-state index contributed by atoms with van der Waals surface area (Å²) in [5.41, 5.74) is 1.44. The third kappa shape index (κ3) is 4.31. The number of carbonyl (C=O) groups is 1. The third-order valence-electron chi connectivity index (χ3n) is 3.03. The van der Waals surface area contributed by atoms with E-state index in [1.165, 1.54) is 0 Å². The highest BCUT2D eigenvalue weighted by Crippen LogP contribution is 2.24. The Morgan fingerprint density at radius 3 is 2.95 bits per heavy atom. The van der Waals surface area contributed by atoms with Gasteiger partial charge in [0.15, 0.2) is 0 Å². The Morgan fingerprint density at radius 1 is 1.48 bits per heavy atom. The van der Waals surface area contributed by atoms with E-state index in [2.05, 4.69) is 15.7 Å². The van der Waals surface area contributed by atoms with Crippen LogP contribution in [-0.4, -0.2) is 28.3 Å². The van der Waals surface area contributed by atoms with Gasteiger partial charge >= 0.3 is 0 Å². The van der Waals surface area contributed by atoms with E-state index in [-0.39, 0.29) is 11.9 Å². The average Bonchev–Trinajstić information content (AvgIpc) is 2.92. The number of hydrogen-bond donors (Lipinski definition) is 2. The Bertz CT molecular complexity index is 598. The summed E-state index contributed by atoms with van der Waals surface area (Å²) in [5, 5.41) is 10.9. The smallest absolute Gasteiger partial charge is 0.225 e. The van der Waals surface area contributed by atoms with Crippen LogP contribution < -0.4 is 10.6 Å². The van der Waals surface area contributed by atoms with Gasteiger partial charge in [0, 0.05) is 29.9 Å². The van der Waals surface area contributed by atoms with Crippen LogP contribution in [0.3, 0.4) is 0 Å². The Hall–Kier alpha value is -1.85. The van der Waals surface area contributed by atoms with Gasteiger partial charge in [-0.2, -0.15) is 5.10 Å². The summed E-state index contributed by atoms with van der Waals surface area (Å²) in [5.74, 6) is -0.0564. The lowest BCUT2D eigenvalue weighted by Gasteiger charge is -2.14. The summed E-state index contributed by atoms with van der Waals surface area (Å²) in [6, 6.07) is 7.29. The summed E-state index contributed by atoms with van der Waals surface area (Å²) >= 11 is 6.02. The van der Waals surface area contributed by atoms with Crippen molar-refractivity contribution in [1.82, 2.24) is 15.1 Å². The molecule has 2 rings (SSSR count). The topological polar surface area (TPSA) is 59.0 Å². The van der Waals surface area contributed by atoms with Crippen molar-refractivity contribution in [3.05, 3.63) is 41.7 Å². The molecule has 0 fully saturated rings. The maximum Gasteiger partial charge on any atom is 0.225 e. The van der Waals surface area contributed by atoms with E-state index < -0.39 is 0 Å². The maximum atomic E-state index is 12.1. The van der Waals surface area contributed by atoms with Crippen molar-refractivity contribution in [2.24, 2.45) is 0 Å². The van der Waals surface area contributed by atoms with Crippen LogP contribution in [-0.2, 0) is 4.79 Å². The van der Waals surface area contributed by atoms with Gasteiger partial charge in [-0.25, -0.2) is 4.68 Å². The van der Waals surface area contributed by atoms with Gasteiger partial charge in [-0.1, -0.05) is 18.5 Å². The molecule has 2 N–H and O–H groups in total. The van der Waals surface area contributed by atoms with Gasteiger partial charge < -0.3 is 10.6 Å². The van der Waals surface area contributed by atoms with Crippen LogP contribution >= 0.6 is 11.6 Å². The molecule has 5 nitrogen and oxygen atoms in total. The molecule has 21 heavy (non-hydrogen) atoms. The Kier molecular flexibility index (Phi) is 5.36. The second-order valence-electron chi connectivity index (χ2n) is 4.82. The minimum atomic E-state index is -0.0564. The van der Waals surface area contributed by atoms with Crippen LogP contribution in [0.4, 0.5) is 5.69 Å². The van der Waals surface area contributed by atoms with E-state index in [1.54, 1.807) is 23.0 Å². The zero-order chi connectivity index (χ0) is 15.2. The van der Waals surface area contributed by atoms with E-state index in [4.69, 9.17) is 11.6 Å². The van der Waals surface area contributed by atoms with E-state index in [0.717, 1.165) is 12.2 Å². The summed E-state index contributed by atoms with van der Waals surface area (Å²) in [7, 11) is 0. The van der Waals surface area contributed by atoms with Gasteiger partial charge in [0.2, 0.25) is 5.91 Å². The van der Waals surface area contributed by atoms with Gasteiger partial charge in [-0.3, -0.25) is 4.79 Å².